The van der Waals surface area contributed by atoms with Crippen molar-refractivity contribution in [2.75, 3.05) is 11.9 Å². The van der Waals surface area contributed by atoms with E-state index in [1.54, 1.807) is 6.07 Å². The molecule has 0 aliphatic carbocycles. The Morgan fingerprint density at radius 1 is 1.62 bits per heavy atom. The monoisotopic (exact) mass is 284 g/mol. The van der Waals surface area contributed by atoms with Crippen LogP contribution in [0.25, 0.3) is 0 Å². The molecule has 1 unspecified atom stereocenters. The molecule has 1 aliphatic rings. The third kappa shape index (κ3) is 2.19. The van der Waals surface area contributed by atoms with Gasteiger partial charge in [-0.05, 0) is 18.9 Å². The van der Waals surface area contributed by atoms with Gasteiger partial charge in [0.2, 0.25) is 5.56 Å². The number of aromatic nitrogens is 1. The molecule has 16 heavy (non-hydrogen) atoms. The van der Waals surface area contributed by atoms with Crippen LogP contribution in [0.3, 0.4) is 0 Å². The topological polar surface area (TPSA) is 53.2 Å². The highest BCUT2D eigenvalue weighted by molar-refractivity contribution is 9.09. The fraction of sp³-hybridized carbons (Fsp3) is 0.455. The maximum atomic E-state index is 12.1. The normalized spacial score (nSPS) is 20.1. The van der Waals surface area contributed by atoms with Crippen molar-refractivity contribution in [2.24, 2.45) is 0 Å². The van der Waals surface area contributed by atoms with Gasteiger partial charge in [0, 0.05) is 35.7 Å². The molecule has 1 fully saturated rings. The Morgan fingerprint density at radius 3 is 3.12 bits per heavy atom. The van der Waals surface area contributed by atoms with Gasteiger partial charge in [-0.2, -0.15) is 0 Å². The van der Waals surface area contributed by atoms with Gasteiger partial charge in [0.1, 0.15) is 0 Å². The molecule has 86 valence electrons. The summed E-state index contributed by atoms with van der Waals surface area (Å²) >= 11 is 3.41. The van der Waals surface area contributed by atoms with E-state index in [2.05, 4.69) is 20.9 Å². The van der Waals surface area contributed by atoms with Crippen molar-refractivity contribution in [1.29, 1.82) is 0 Å². The minimum Gasteiger partial charge on any atom is -0.335 e. The molecule has 1 aliphatic heterocycles. The maximum absolute atomic E-state index is 12.1. The number of rotatable bonds is 2. The average molecular weight is 285 g/mol. The Balaban J connectivity index is 2.22. The summed E-state index contributed by atoms with van der Waals surface area (Å²) in [6.07, 6.45) is 3.57. The largest absolute Gasteiger partial charge is 0.335 e. The number of halogens is 1. The van der Waals surface area contributed by atoms with Crippen LogP contribution in [0.15, 0.2) is 23.1 Å². The first-order chi connectivity index (χ1) is 7.72. The van der Waals surface area contributed by atoms with Gasteiger partial charge in [-0.25, -0.2) is 0 Å². The SMILES string of the molecule is O=C(c1cc[nH]c(=O)c1)N1CCCC1CBr. The summed E-state index contributed by atoms with van der Waals surface area (Å²) in [5.74, 6) is -0.0481. The smallest absolute Gasteiger partial charge is 0.254 e. The summed E-state index contributed by atoms with van der Waals surface area (Å²) in [6.45, 7) is 0.780. The zero-order valence-electron chi connectivity index (χ0n) is 8.78. The van der Waals surface area contributed by atoms with Crippen LogP contribution in [0.2, 0.25) is 0 Å². The molecular weight excluding hydrogens is 272 g/mol. The van der Waals surface area contributed by atoms with Crippen LogP contribution in [0.4, 0.5) is 0 Å². The molecule has 2 rings (SSSR count). The number of likely N-dealkylation sites (tertiary alicyclic amines) is 1. The molecule has 5 heteroatoms. The predicted molar refractivity (Wildman–Crippen MR) is 64.9 cm³/mol. The molecule has 0 aromatic carbocycles. The van der Waals surface area contributed by atoms with Crippen LogP contribution in [0.5, 0.6) is 0 Å². The van der Waals surface area contributed by atoms with E-state index >= 15 is 0 Å². The summed E-state index contributed by atoms with van der Waals surface area (Å²) in [6, 6.07) is 3.26. The van der Waals surface area contributed by atoms with Gasteiger partial charge in [-0.3, -0.25) is 9.59 Å². The van der Waals surface area contributed by atoms with E-state index in [0.29, 0.717) is 5.56 Å². The van der Waals surface area contributed by atoms with Crippen molar-refractivity contribution in [1.82, 2.24) is 9.88 Å². The van der Waals surface area contributed by atoms with Crippen LogP contribution in [0, 0.1) is 0 Å². The van der Waals surface area contributed by atoms with Crippen LogP contribution >= 0.6 is 15.9 Å². The molecule has 1 saturated heterocycles. The van der Waals surface area contributed by atoms with E-state index in [0.717, 1.165) is 24.7 Å². The van der Waals surface area contributed by atoms with Gasteiger partial charge in [-0.15, -0.1) is 0 Å². The number of carbonyl (C=O) groups excluding carboxylic acids is 1. The Bertz CT molecular complexity index is 444. The first-order valence-corrected chi connectivity index (χ1v) is 6.40. The Kier molecular flexibility index (Phi) is 3.43. The lowest BCUT2D eigenvalue weighted by Gasteiger charge is -2.22. The van der Waals surface area contributed by atoms with Gasteiger partial charge in [0.15, 0.2) is 0 Å². The third-order valence-electron chi connectivity index (χ3n) is 2.84. The standard InChI is InChI=1S/C11H13BrN2O2/c12-7-9-2-1-5-14(9)11(16)8-3-4-13-10(15)6-8/h3-4,6,9H,1-2,5,7H2,(H,13,15). The summed E-state index contributed by atoms with van der Waals surface area (Å²) < 4.78 is 0. The molecule has 1 atom stereocenters. The number of nitrogens with one attached hydrogen (secondary N) is 1. The fourth-order valence-corrected chi connectivity index (χ4v) is 2.68. The second-order valence-electron chi connectivity index (χ2n) is 3.89. The highest BCUT2D eigenvalue weighted by atomic mass is 79.9. The van der Waals surface area contributed by atoms with E-state index in [-0.39, 0.29) is 17.5 Å². The van der Waals surface area contributed by atoms with Crippen molar-refractivity contribution >= 4 is 21.8 Å². The number of carbonyl (C=O) groups is 1. The first-order valence-electron chi connectivity index (χ1n) is 5.28. The molecule has 0 bridgehead atoms. The van der Waals surface area contributed by atoms with Gasteiger partial charge in [0.05, 0.1) is 0 Å². The van der Waals surface area contributed by atoms with Gasteiger partial charge in [-0.1, -0.05) is 15.9 Å². The molecule has 0 saturated carbocycles. The van der Waals surface area contributed by atoms with Crippen LogP contribution in [-0.4, -0.2) is 33.7 Å². The molecule has 1 N–H and O–H groups in total. The van der Waals surface area contributed by atoms with E-state index in [1.165, 1.54) is 12.3 Å². The number of pyridine rings is 1. The van der Waals surface area contributed by atoms with Crippen molar-refractivity contribution in [3.8, 4) is 0 Å². The van der Waals surface area contributed by atoms with Crippen LogP contribution < -0.4 is 5.56 Å². The minimum absolute atomic E-state index is 0.0481. The molecule has 2 heterocycles. The van der Waals surface area contributed by atoms with Gasteiger partial charge >= 0.3 is 0 Å². The molecular formula is C11H13BrN2O2. The number of H-pyrrole nitrogens is 1. The zero-order chi connectivity index (χ0) is 11.5. The van der Waals surface area contributed by atoms with Gasteiger partial charge < -0.3 is 9.88 Å². The number of alkyl halides is 1. The number of aromatic amines is 1. The summed E-state index contributed by atoms with van der Waals surface area (Å²) in [5, 5.41) is 0.794. The quantitative estimate of drug-likeness (QED) is 0.834. The molecule has 4 nitrogen and oxygen atoms in total. The lowest BCUT2D eigenvalue weighted by Crippen LogP contribution is -2.36. The lowest BCUT2D eigenvalue weighted by atomic mass is 10.2. The molecule has 1 aromatic heterocycles. The number of hydrogen-bond acceptors (Lipinski definition) is 2. The van der Waals surface area contributed by atoms with E-state index in [9.17, 15) is 9.59 Å². The second kappa shape index (κ2) is 4.82. The Hall–Kier alpha value is -1.10. The minimum atomic E-state index is -0.236. The second-order valence-corrected chi connectivity index (χ2v) is 4.54. The number of amides is 1. The first kappa shape index (κ1) is 11.4. The van der Waals surface area contributed by atoms with E-state index in [4.69, 9.17) is 0 Å². The summed E-state index contributed by atoms with van der Waals surface area (Å²) in [7, 11) is 0. The molecule has 1 aromatic rings. The van der Waals surface area contributed by atoms with Crippen molar-refractivity contribution in [3.05, 3.63) is 34.2 Å². The number of hydrogen-bond donors (Lipinski definition) is 1. The van der Waals surface area contributed by atoms with Crippen molar-refractivity contribution < 1.29 is 4.79 Å². The summed E-state index contributed by atoms with van der Waals surface area (Å²) in [5.41, 5.74) is 0.233. The molecule has 0 spiro atoms. The molecule has 1 amide bonds. The highest BCUT2D eigenvalue weighted by Gasteiger charge is 2.28. The lowest BCUT2D eigenvalue weighted by molar-refractivity contribution is 0.0750. The van der Waals surface area contributed by atoms with Crippen molar-refractivity contribution in [3.63, 3.8) is 0 Å². The average Bonchev–Trinajstić information content (AvgIpc) is 2.76. The van der Waals surface area contributed by atoms with Crippen LogP contribution in [-0.2, 0) is 0 Å². The zero-order valence-corrected chi connectivity index (χ0v) is 10.4. The van der Waals surface area contributed by atoms with E-state index in [1.807, 2.05) is 4.90 Å². The van der Waals surface area contributed by atoms with Crippen LogP contribution in [0.1, 0.15) is 23.2 Å². The third-order valence-corrected chi connectivity index (χ3v) is 3.59. The number of nitrogens with zero attached hydrogens (tertiary/aromatic N) is 1. The maximum Gasteiger partial charge on any atom is 0.254 e. The van der Waals surface area contributed by atoms with E-state index < -0.39 is 0 Å². The predicted octanol–water partition coefficient (Wildman–Crippen LogP) is 1.37. The Morgan fingerprint density at radius 2 is 2.44 bits per heavy atom. The van der Waals surface area contributed by atoms with Crippen molar-refractivity contribution in [2.45, 2.75) is 18.9 Å². The summed E-state index contributed by atoms with van der Waals surface area (Å²) in [4.78, 5) is 27.6. The highest BCUT2D eigenvalue weighted by Crippen LogP contribution is 2.20. The Labute approximate surface area is 102 Å². The molecule has 0 radical (unpaired) electrons. The van der Waals surface area contributed by atoms with Gasteiger partial charge in [0.25, 0.3) is 5.91 Å². The fourth-order valence-electron chi connectivity index (χ4n) is 2.01.